The summed E-state index contributed by atoms with van der Waals surface area (Å²) in [5.41, 5.74) is 3.88. The molecule has 26 heavy (non-hydrogen) atoms. The second kappa shape index (κ2) is 9.37. The van der Waals surface area contributed by atoms with Crippen LogP contribution in [0.3, 0.4) is 0 Å². The molecule has 0 atom stereocenters. The number of nitrogens with zero attached hydrogens (tertiary/aromatic N) is 3. The lowest BCUT2D eigenvalue weighted by Crippen LogP contribution is -2.24. The van der Waals surface area contributed by atoms with Crippen molar-refractivity contribution in [2.45, 2.75) is 52.5 Å². The zero-order valence-electron chi connectivity index (χ0n) is 16.0. The lowest BCUT2D eigenvalue weighted by Gasteiger charge is -2.23. The molecule has 1 heterocycles. The van der Waals surface area contributed by atoms with Gasteiger partial charge in [-0.05, 0) is 51.5 Å². The van der Waals surface area contributed by atoms with Crippen LogP contribution in [0, 0.1) is 6.92 Å². The minimum atomic E-state index is 0.739. The van der Waals surface area contributed by atoms with Gasteiger partial charge in [0, 0.05) is 31.4 Å². The van der Waals surface area contributed by atoms with Crippen molar-refractivity contribution in [1.82, 2.24) is 9.97 Å². The third kappa shape index (κ3) is 5.32. The first-order chi connectivity index (χ1) is 12.7. The van der Waals surface area contributed by atoms with Gasteiger partial charge in [0.15, 0.2) is 0 Å². The van der Waals surface area contributed by atoms with Crippen molar-refractivity contribution < 1.29 is 0 Å². The quantitative estimate of drug-likeness (QED) is 0.671. The first kappa shape index (κ1) is 18.4. The fourth-order valence-corrected chi connectivity index (χ4v) is 3.42. The molecule has 1 aromatic heterocycles. The Morgan fingerprint density at radius 3 is 2.69 bits per heavy atom. The van der Waals surface area contributed by atoms with Crippen LogP contribution in [0.5, 0.6) is 0 Å². The number of hydrogen-bond acceptors (Lipinski definition) is 4. The largest absolute Gasteiger partial charge is 0.354 e. The number of nitrogens with one attached hydrogen (secondary N) is 1. The maximum Gasteiger partial charge on any atom is 0.224 e. The molecule has 0 bridgehead atoms. The van der Waals surface area contributed by atoms with Crippen molar-refractivity contribution in [2.24, 2.45) is 0 Å². The van der Waals surface area contributed by atoms with Crippen LogP contribution in [0.15, 0.2) is 48.0 Å². The summed E-state index contributed by atoms with van der Waals surface area (Å²) in [5.74, 6) is 1.73. The van der Waals surface area contributed by atoms with Crippen LogP contribution in [0.1, 0.15) is 50.3 Å². The minimum absolute atomic E-state index is 0.739. The topological polar surface area (TPSA) is 41.1 Å². The molecule has 4 nitrogen and oxygen atoms in total. The predicted molar refractivity (Wildman–Crippen MR) is 110 cm³/mol. The van der Waals surface area contributed by atoms with Crippen LogP contribution in [0.25, 0.3) is 0 Å². The fraction of sp³-hybridized carbons (Fsp3) is 0.455. The molecule has 0 radical (unpaired) electrons. The summed E-state index contributed by atoms with van der Waals surface area (Å²) < 4.78 is 0. The molecule has 0 saturated heterocycles. The number of anilines is 2. The van der Waals surface area contributed by atoms with Crippen molar-refractivity contribution in [3.05, 3.63) is 59.3 Å². The Morgan fingerprint density at radius 1 is 1.12 bits per heavy atom. The predicted octanol–water partition coefficient (Wildman–Crippen LogP) is 5.11. The van der Waals surface area contributed by atoms with Gasteiger partial charge in [-0.25, -0.2) is 4.98 Å². The van der Waals surface area contributed by atoms with Crippen LogP contribution in [0.2, 0.25) is 0 Å². The average molecular weight is 351 g/mol. The van der Waals surface area contributed by atoms with Gasteiger partial charge in [0.05, 0.1) is 0 Å². The number of allylic oxidation sites excluding steroid dienone is 1. The second-order valence-corrected chi connectivity index (χ2v) is 6.98. The number of benzene rings is 1. The zero-order chi connectivity index (χ0) is 18.2. The van der Waals surface area contributed by atoms with Gasteiger partial charge in [-0.2, -0.15) is 4.98 Å². The third-order valence-electron chi connectivity index (χ3n) is 4.88. The molecule has 4 heteroatoms. The number of rotatable bonds is 8. The molecule has 0 spiro atoms. The summed E-state index contributed by atoms with van der Waals surface area (Å²) in [4.78, 5) is 11.6. The Bertz CT molecular complexity index is 724. The van der Waals surface area contributed by atoms with Crippen molar-refractivity contribution in [1.29, 1.82) is 0 Å². The highest BCUT2D eigenvalue weighted by atomic mass is 15.2. The molecule has 0 amide bonds. The van der Waals surface area contributed by atoms with Crippen molar-refractivity contribution in [2.75, 3.05) is 23.3 Å². The number of hydrogen-bond donors (Lipinski definition) is 1. The highest BCUT2D eigenvalue weighted by Crippen LogP contribution is 2.21. The summed E-state index contributed by atoms with van der Waals surface area (Å²) in [5, 5.41) is 3.43. The first-order valence-electron chi connectivity index (χ1n) is 9.81. The van der Waals surface area contributed by atoms with E-state index in [1.54, 1.807) is 5.57 Å². The summed E-state index contributed by atoms with van der Waals surface area (Å²) in [7, 11) is 0. The van der Waals surface area contributed by atoms with E-state index >= 15 is 0 Å². The molecule has 0 aliphatic heterocycles. The maximum absolute atomic E-state index is 4.77. The standard InChI is InChI=1S/C22H30N4/c1-3-26(17-20-12-8-5-9-13-20)21-16-18(2)24-22(25-21)23-15-14-19-10-6-4-7-11-19/h5,8-10,12-13,16H,3-4,6-7,11,14-15,17H2,1-2H3,(H,23,24,25). The van der Waals surface area contributed by atoms with E-state index in [0.29, 0.717) is 0 Å². The Hall–Kier alpha value is -2.36. The number of aryl methyl sites for hydroxylation is 1. The molecule has 1 N–H and O–H groups in total. The van der Waals surface area contributed by atoms with Crippen molar-refractivity contribution in [3.8, 4) is 0 Å². The van der Waals surface area contributed by atoms with E-state index in [1.165, 1.54) is 31.2 Å². The molecular formula is C22H30N4. The highest BCUT2D eigenvalue weighted by molar-refractivity contribution is 5.45. The van der Waals surface area contributed by atoms with E-state index in [0.717, 1.165) is 43.5 Å². The monoisotopic (exact) mass is 350 g/mol. The number of aromatic nitrogens is 2. The molecule has 1 aliphatic rings. The van der Waals surface area contributed by atoms with Crippen LogP contribution in [-0.2, 0) is 6.54 Å². The Kier molecular flexibility index (Phi) is 6.64. The van der Waals surface area contributed by atoms with E-state index in [4.69, 9.17) is 4.98 Å². The van der Waals surface area contributed by atoms with E-state index < -0.39 is 0 Å². The van der Waals surface area contributed by atoms with Crippen molar-refractivity contribution >= 4 is 11.8 Å². The Labute approximate surface area is 157 Å². The molecule has 138 valence electrons. The summed E-state index contributed by atoms with van der Waals surface area (Å²) in [6.07, 6.45) is 8.67. The molecule has 2 aromatic rings. The highest BCUT2D eigenvalue weighted by Gasteiger charge is 2.10. The molecule has 1 aliphatic carbocycles. The van der Waals surface area contributed by atoms with Crippen LogP contribution in [0.4, 0.5) is 11.8 Å². The Morgan fingerprint density at radius 2 is 1.96 bits per heavy atom. The molecule has 1 aromatic carbocycles. The van der Waals surface area contributed by atoms with E-state index in [-0.39, 0.29) is 0 Å². The van der Waals surface area contributed by atoms with Gasteiger partial charge in [-0.1, -0.05) is 42.0 Å². The van der Waals surface area contributed by atoms with Gasteiger partial charge >= 0.3 is 0 Å². The summed E-state index contributed by atoms with van der Waals surface area (Å²) in [6, 6.07) is 12.6. The second-order valence-electron chi connectivity index (χ2n) is 6.98. The van der Waals surface area contributed by atoms with Gasteiger partial charge in [0.2, 0.25) is 5.95 Å². The Balaban J connectivity index is 1.64. The van der Waals surface area contributed by atoms with Gasteiger partial charge in [-0.3, -0.25) is 0 Å². The summed E-state index contributed by atoms with van der Waals surface area (Å²) >= 11 is 0. The van der Waals surface area contributed by atoms with Crippen LogP contribution in [-0.4, -0.2) is 23.1 Å². The van der Waals surface area contributed by atoms with Gasteiger partial charge < -0.3 is 10.2 Å². The van der Waals surface area contributed by atoms with Crippen LogP contribution >= 0.6 is 0 Å². The first-order valence-corrected chi connectivity index (χ1v) is 9.81. The smallest absolute Gasteiger partial charge is 0.224 e. The van der Waals surface area contributed by atoms with Crippen LogP contribution < -0.4 is 10.2 Å². The van der Waals surface area contributed by atoms with Gasteiger partial charge in [0.1, 0.15) is 5.82 Å². The molecule has 3 rings (SSSR count). The molecule has 0 unspecified atom stereocenters. The molecule has 0 fully saturated rings. The SMILES string of the molecule is CCN(Cc1ccccc1)c1cc(C)nc(NCCC2=CCCCC2)n1. The maximum atomic E-state index is 4.77. The van der Waals surface area contributed by atoms with Gasteiger partial charge in [-0.15, -0.1) is 0 Å². The third-order valence-corrected chi connectivity index (χ3v) is 4.88. The lowest BCUT2D eigenvalue weighted by molar-refractivity contribution is 0.679. The molecule has 0 saturated carbocycles. The van der Waals surface area contributed by atoms with E-state index in [1.807, 2.05) is 6.92 Å². The fourth-order valence-electron chi connectivity index (χ4n) is 3.42. The minimum Gasteiger partial charge on any atom is -0.354 e. The van der Waals surface area contributed by atoms with E-state index in [9.17, 15) is 0 Å². The molecular weight excluding hydrogens is 320 g/mol. The van der Waals surface area contributed by atoms with Gasteiger partial charge in [0.25, 0.3) is 0 Å². The van der Waals surface area contributed by atoms with E-state index in [2.05, 4.69) is 64.6 Å². The lowest BCUT2D eigenvalue weighted by atomic mass is 9.97. The van der Waals surface area contributed by atoms with Crippen molar-refractivity contribution in [3.63, 3.8) is 0 Å². The summed E-state index contributed by atoms with van der Waals surface area (Å²) in [6.45, 7) is 6.89. The average Bonchev–Trinajstić information content (AvgIpc) is 2.67. The normalized spacial score (nSPS) is 14.0. The zero-order valence-corrected chi connectivity index (χ0v) is 16.0.